The molecule has 1 aliphatic carbocycles. The highest BCUT2D eigenvalue weighted by Gasteiger charge is 2.24. The van der Waals surface area contributed by atoms with Crippen LogP contribution in [0.4, 0.5) is 0 Å². The van der Waals surface area contributed by atoms with E-state index in [1.54, 1.807) is 0 Å². The monoisotopic (exact) mass is 322 g/mol. The molecule has 0 spiro atoms. The molecule has 5 heteroatoms. The maximum atomic E-state index is 10.8. The van der Waals surface area contributed by atoms with E-state index < -0.39 is 6.23 Å². The molecule has 0 radical (unpaired) electrons. The van der Waals surface area contributed by atoms with Crippen molar-refractivity contribution in [3.63, 3.8) is 0 Å². The van der Waals surface area contributed by atoms with E-state index in [9.17, 15) is 5.11 Å². The number of rotatable bonds is 3. The summed E-state index contributed by atoms with van der Waals surface area (Å²) in [5, 5.41) is 14.2. The number of nitrogens with zero attached hydrogens (tertiary/aromatic N) is 3. The van der Waals surface area contributed by atoms with Crippen molar-refractivity contribution in [2.75, 3.05) is 0 Å². The summed E-state index contributed by atoms with van der Waals surface area (Å²) in [6.45, 7) is 4.03. The second kappa shape index (κ2) is 6.00. The summed E-state index contributed by atoms with van der Waals surface area (Å²) in [6, 6.07) is 6.19. The summed E-state index contributed by atoms with van der Waals surface area (Å²) in [4.78, 5) is 8.86. The van der Waals surface area contributed by atoms with Crippen LogP contribution >= 0.6 is 0 Å². The first-order valence-electron chi connectivity index (χ1n) is 8.45. The maximum Gasteiger partial charge on any atom is 0.144 e. The van der Waals surface area contributed by atoms with Crippen molar-refractivity contribution in [3.8, 4) is 0 Å². The molecule has 2 N–H and O–H groups in total. The highest BCUT2D eigenvalue weighted by Crippen LogP contribution is 2.31. The molecule has 2 unspecified atom stereocenters. The van der Waals surface area contributed by atoms with Crippen molar-refractivity contribution in [3.05, 3.63) is 64.9 Å². The van der Waals surface area contributed by atoms with E-state index in [0.29, 0.717) is 0 Å². The first-order valence-corrected chi connectivity index (χ1v) is 8.45. The van der Waals surface area contributed by atoms with Crippen molar-refractivity contribution in [1.82, 2.24) is 19.7 Å². The Bertz CT molecular complexity index is 886. The molecule has 0 bridgehead atoms. The molecule has 3 aromatic heterocycles. The molecule has 4 rings (SSSR count). The lowest BCUT2D eigenvalue weighted by molar-refractivity contribution is 0.120. The number of aromatic nitrogens is 3. The zero-order valence-electron chi connectivity index (χ0n) is 14.0. The summed E-state index contributed by atoms with van der Waals surface area (Å²) in [7, 11) is 0. The van der Waals surface area contributed by atoms with Gasteiger partial charge in [-0.1, -0.05) is 0 Å². The van der Waals surface area contributed by atoms with Gasteiger partial charge in [-0.3, -0.25) is 10.3 Å². The second-order valence-corrected chi connectivity index (χ2v) is 6.59. The number of fused-ring (bicyclic) bond motifs is 2. The minimum absolute atomic E-state index is 0.123. The fraction of sp³-hybridized carbons (Fsp3) is 0.368. The molecule has 5 nitrogen and oxygen atoms in total. The van der Waals surface area contributed by atoms with Crippen molar-refractivity contribution in [1.29, 1.82) is 0 Å². The van der Waals surface area contributed by atoms with Crippen LogP contribution in [-0.4, -0.2) is 19.5 Å². The fourth-order valence-electron chi connectivity index (χ4n) is 3.71. The maximum absolute atomic E-state index is 10.8. The average molecular weight is 322 g/mol. The van der Waals surface area contributed by atoms with E-state index in [1.807, 2.05) is 49.0 Å². The molecule has 0 saturated carbocycles. The smallest absolute Gasteiger partial charge is 0.144 e. The predicted molar refractivity (Wildman–Crippen MR) is 92.7 cm³/mol. The highest BCUT2D eigenvalue weighted by atomic mass is 16.3. The van der Waals surface area contributed by atoms with Gasteiger partial charge in [-0.05, 0) is 62.4 Å². The summed E-state index contributed by atoms with van der Waals surface area (Å²) in [5.41, 5.74) is 6.23. The Kier molecular flexibility index (Phi) is 3.82. The zero-order chi connectivity index (χ0) is 16.7. The number of aliphatic hydroxyl groups excluding tert-OH is 1. The molecule has 3 heterocycles. The van der Waals surface area contributed by atoms with E-state index >= 15 is 0 Å². The fourth-order valence-corrected chi connectivity index (χ4v) is 3.71. The number of nitrogens with one attached hydrogen (secondary N) is 1. The lowest BCUT2D eigenvalue weighted by atomic mass is 9.89. The van der Waals surface area contributed by atoms with E-state index in [-0.39, 0.29) is 6.04 Å². The zero-order valence-corrected chi connectivity index (χ0v) is 14.0. The van der Waals surface area contributed by atoms with E-state index in [1.165, 1.54) is 11.1 Å². The van der Waals surface area contributed by atoms with Crippen molar-refractivity contribution < 1.29 is 5.11 Å². The Morgan fingerprint density at radius 1 is 1.33 bits per heavy atom. The van der Waals surface area contributed by atoms with Crippen molar-refractivity contribution in [2.45, 2.75) is 45.4 Å². The van der Waals surface area contributed by atoms with Gasteiger partial charge < -0.3 is 9.51 Å². The number of hydrogen-bond donors (Lipinski definition) is 2. The molecule has 0 aromatic carbocycles. The third-order valence-electron chi connectivity index (χ3n) is 4.88. The Hall–Kier alpha value is -2.24. The van der Waals surface area contributed by atoms with Gasteiger partial charge in [-0.2, -0.15) is 0 Å². The Labute approximate surface area is 141 Å². The van der Waals surface area contributed by atoms with E-state index in [4.69, 9.17) is 0 Å². The second-order valence-electron chi connectivity index (χ2n) is 6.59. The number of aliphatic hydroxyl groups is 1. The summed E-state index contributed by atoms with van der Waals surface area (Å²) in [5.74, 6) is 0. The van der Waals surface area contributed by atoms with E-state index in [2.05, 4.69) is 21.4 Å². The molecule has 124 valence electrons. The summed E-state index contributed by atoms with van der Waals surface area (Å²) >= 11 is 0. The average Bonchev–Trinajstić information content (AvgIpc) is 2.99. The summed E-state index contributed by atoms with van der Waals surface area (Å²) < 4.78 is 2.02. The van der Waals surface area contributed by atoms with Crippen LogP contribution in [-0.2, 0) is 6.42 Å². The van der Waals surface area contributed by atoms with Crippen LogP contribution in [0.5, 0.6) is 0 Å². The molecule has 3 aromatic rings. The normalized spacial score (nSPS) is 18.5. The molecule has 0 aliphatic heterocycles. The number of hydrogen-bond acceptors (Lipinski definition) is 4. The number of aryl methyl sites for hydroxylation is 3. The molecular weight excluding hydrogens is 300 g/mol. The van der Waals surface area contributed by atoms with Gasteiger partial charge in [-0.15, -0.1) is 0 Å². The predicted octanol–water partition coefficient (Wildman–Crippen LogP) is 3.00. The molecular formula is C19H22N4O. The van der Waals surface area contributed by atoms with Gasteiger partial charge in [0.2, 0.25) is 0 Å². The van der Waals surface area contributed by atoms with Crippen LogP contribution in [0.25, 0.3) is 5.65 Å². The quantitative estimate of drug-likeness (QED) is 0.728. The van der Waals surface area contributed by atoms with Gasteiger partial charge in [0, 0.05) is 41.6 Å². The van der Waals surface area contributed by atoms with Crippen LogP contribution in [0.3, 0.4) is 0 Å². The van der Waals surface area contributed by atoms with Gasteiger partial charge in [0.15, 0.2) is 0 Å². The molecule has 2 atom stereocenters. The molecule has 1 aliphatic rings. The van der Waals surface area contributed by atoms with Gasteiger partial charge in [0.1, 0.15) is 11.9 Å². The molecule has 0 saturated heterocycles. The Balaban J connectivity index is 1.65. The van der Waals surface area contributed by atoms with Crippen LogP contribution < -0.4 is 5.32 Å². The van der Waals surface area contributed by atoms with Gasteiger partial charge in [0.05, 0.1) is 0 Å². The SMILES string of the molecule is Cc1cc(C)n2ccc(C(O)NC3CCCc4ccncc43)c2n1. The Morgan fingerprint density at radius 2 is 2.21 bits per heavy atom. The molecule has 0 amide bonds. The van der Waals surface area contributed by atoms with Crippen molar-refractivity contribution >= 4 is 5.65 Å². The molecule has 0 fully saturated rings. The minimum atomic E-state index is -0.750. The van der Waals surface area contributed by atoms with Gasteiger partial charge in [0.25, 0.3) is 0 Å². The van der Waals surface area contributed by atoms with Gasteiger partial charge >= 0.3 is 0 Å². The van der Waals surface area contributed by atoms with Crippen LogP contribution in [0.1, 0.15) is 53.2 Å². The molecule has 24 heavy (non-hydrogen) atoms. The lowest BCUT2D eigenvalue weighted by Crippen LogP contribution is -2.29. The standard InChI is InChI=1S/C19H22N4O/c1-12-10-13(2)23-9-7-15(18(23)21-12)19(24)22-17-5-3-4-14-6-8-20-11-16(14)17/h6-11,17,19,22,24H,3-5H2,1-2H3. The van der Waals surface area contributed by atoms with Crippen molar-refractivity contribution in [2.24, 2.45) is 0 Å². The Morgan fingerprint density at radius 3 is 3.08 bits per heavy atom. The van der Waals surface area contributed by atoms with Gasteiger partial charge in [-0.25, -0.2) is 4.98 Å². The topological polar surface area (TPSA) is 62.5 Å². The highest BCUT2D eigenvalue weighted by molar-refractivity contribution is 5.51. The third kappa shape index (κ3) is 2.60. The van der Waals surface area contributed by atoms with Crippen LogP contribution in [0.15, 0.2) is 36.8 Å². The third-order valence-corrected chi connectivity index (χ3v) is 4.88. The first kappa shape index (κ1) is 15.3. The first-order chi connectivity index (χ1) is 11.6. The lowest BCUT2D eigenvalue weighted by Gasteiger charge is -2.28. The van der Waals surface area contributed by atoms with Crippen LogP contribution in [0.2, 0.25) is 0 Å². The minimum Gasteiger partial charge on any atom is -0.374 e. The summed E-state index contributed by atoms with van der Waals surface area (Å²) in [6.07, 6.45) is 8.19. The largest absolute Gasteiger partial charge is 0.374 e. The van der Waals surface area contributed by atoms with Crippen LogP contribution in [0, 0.1) is 13.8 Å². The number of pyridine rings is 1. The van der Waals surface area contributed by atoms with E-state index in [0.717, 1.165) is 41.9 Å².